The molecule has 0 aromatic heterocycles. The molecule has 0 aliphatic heterocycles. The van der Waals surface area contributed by atoms with Crippen molar-refractivity contribution in [2.75, 3.05) is 0 Å². The van der Waals surface area contributed by atoms with Crippen molar-refractivity contribution in [1.82, 2.24) is 0 Å². The number of hydrogen-bond donors (Lipinski definition) is 0. The predicted octanol–water partition coefficient (Wildman–Crippen LogP) is 5.36. The van der Waals surface area contributed by atoms with Crippen LogP contribution in [0.4, 0.5) is 0 Å². The molecule has 0 aromatic rings. The SMILES string of the molecule is C=C(CCC)C(C)C=CCC(C)CCC. The standard InChI is InChI=1S/C15H28/c1-6-9-13(3)11-8-12-15(5)14(4)10-7-2/h8,12-13,15H,4,6-7,9-11H2,1-3,5H3. The van der Waals surface area contributed by atoms with E-state index < -0.39 is 0 Å². The van der Waals surface area contributed by atoms with Crippen LogP contribution in [-0.2, 0) is 0 Å². The van der Waals surface area contributed by atoms with Crippen LogP contribution in [0.1, 0.15) is 59.8 Å². The molecule has 0 spiro atoms. The average molecular weight is 208 g/mol. The largest absolute Gasteiger partial charge is 0.0993 e. The van der Waals surface area contributed by atoms with Gasteiger partial charge in [0, 0.05) is 0 Å². The Labute approximate surface area is 96.5 Å². The molecule has 15 heavy (non-hydrogen) atoms. The molecule has 2 atom stereocenters. The van der Waals surface area contributed by atoms with E-state index in [1.54, 1.807) is 0 Å². The second-order valence-corrected chi connectivity index (χ2v) is 4.75. The summed E-state index contributed by atoms with van der Waals surface area (Å²) >= 11 is 0. The Balaban J connectivity index is 3.80. The van der Waals surface area contributed by atoms with Crippen molar-refractivity contribution in [1.29, 1.82) is 0 Å². The Kier molecular flexibility index (Phi) is 8.46. The summed E-state index contributed by atoms with van der Waals surface area (Å²) in [6.45, 7) is 13.2. The summed E-state index contributed by atoms with van der Waals surface area (Å²) < 4.78 is 0. The Morgan fingerprint density at radius 1 is 1.20 bits per heavy atom. The normalized spacial score (nSPS) is 15.5. The van der Waals surface area contributed by atoms with Gasteiger partial charge in [-0.15, -0.1) is 0 Å². The van der Waals surface area contributed by atoms with Gasteiger partial charge in [-0.25, -0.2) is 0 Å². The molecule has 0 radical (unpaired) electrons. The van der Waals surface area contributed by atoms with Crippen molar-refractivity contribution < 1.29 is 0 Å². The van der Waals surface area contributed by atoms with Crippen LogP contribution in [0.15, 0.2) is 24.3 Å². The van der Waals surface area contributed by atoms with Gasteiger partial charge in [-0.1, -0.05) is 71.3 Å². The molecule has 0 rings (SSSR count). The van der Waals surface area contributed by atoms with E-state index in [0.29, 0.717) is 5.92 Å². The Hall–Kier alpha value is -0.520. The molecule has 0 heteroatoms. The smallest absolute Gasteiger partial charge is 0.00544 e. The monoisotopic (exact) mass is 208 g/mol. The molecule has 0 aromatic carbocycles. The quantitative estimate of drug-likeness (QED) is 0.471. The maximum Gasteiger partial charge on any atom is -0.00544 e. The molecule has 0 aliphatic rings. The van der Waals surface area contributed by atoms with E-state index in [-0.39, 0.29) is 0 Å². The van der Waals surface area contributed by atoms with Gasteiger partial charge in [0.1, 0.15) is 0 Å². The third-order valence-electron chi connectivity index (χ3n) is 2.96. The van der Waals surface area contributed by atoms with Gasteiger partial charge in [-0.3, -0.25) is 0 Å². The van der Waals surface area contributed by atoms with Crippen molar-refractivity contribution in [3.63, 3.8) is 0 Å². The van der Waals surface area contributed by atoms with Crippen LogP contribution < -0.4 is 0 Å². The van der Waals surface area contributed by atoms with Crippen LogP contribution >= 0.6 is 0 Å². The van der Waals surface area contributed by atoms with E-state index in [0.717, 1.165) is 12.3 Å². The van der Waals surface area contributed by atoms with Gasteiger partial charge in [0.25, 0.3) is 0 Å². The average Bonchev–Trinajstić information content (AvgIpc) is 2.18. The molecule has 0 N–H and O–H groups in total. The van der Waals surface area contributed by atoms with Crippen LogP contribution in [0.2, 0.25) is 0 Å². The van der Waals surface area contributed by atoms with Crippen molar-refractivity contribution >= 4 is 0 Å². The van der Waals surface area contributed by atoms with Crippen molar-refractivity contribution in [2.24, 2.45) is 11.8 Å². The lowest BCUT2D eigenvalue weighted by Crippen LogP contribution is -1.95. The topological polar surface area (TPSA) is 0 Å². The minimum atomic E-state index is 0.554. The second-order valence-electron chi connectivity index (χ2n) is 4.75. The molecule has 0 heterocycles. The highest BCUT2D eigenvalue weighted by molar-refractivity contribution is 5.07. The summed E-state index contributed by atoms with van der Waals surface area (Å²) in [4.78, 5) is 0. The van der Waals surface area contributed by atoms with E-state index >= 15 is 0 Å². The molecule has 88 valence electrons. The first-order valence-corrected chi connectivity index (χ1v) is 6.46. The predicted molar refractivity (Wildman–Crippen MR) is 71.0 cm³/mol. The molecule has 0 nitrogen and oxygen atoms in total. The first-order chi connectivity index (χ1) is 7.11. The van der Waals surface area contributed by atoms with E-state index in [9.17, 15) is 0 Å². The van der Waals surface area contributed by atoms with Gasteiger partial charge >= 0.3 is 0 Å². The minimum Gasteiger partial charge on any atom is -0.0993 e. The highest BCUT2D eigenvalue weighted by Gasteiger charge is 2.02. The third-order valence-corrected chi connectivity index (χ3v) is 2.96. The highest BCUT2D eigenvalue weighted by Crippen LogP contribution is 2.17. The van der Waals surface area contributed by atoms with Gasteiger partial charge in [-0.05, 0) is 24.7 Å². The van der Waals surface area contributed by atoms with E-state index in [1.165, 1.54) is 31.3 Å². The van der Waals surface area contributed by atoms with Gasteiger partial charge in [0.15, 0.2) is 0 Å². The fraction of sp³-hybridized carbons (Fsp3) is 0.733. The fourth-order valence-corrected chi connectivity index (χ4v) is 1.81. The zero-order valence-electron chi connectivity index (χ0n) is 11.1. The molecule has 0 aliphatic carbocycles. The minimum absolute atomic E-state index is 0.554. The summed E-state index contributed by atoms with van der Waals surface area (Å²) in [6.07, 6.45) is 10.9. The second kappa shape index (κ2) is 8.76. The molecular formula is C15H28. The maximum atomic E-state index is 4.13. The molecule has 0 fully saturated rings. The summed E-state index contributed by atoms with van der Waals surface area (Å²) in [6, 6.07) is 0. The lowest BCUT2D eigenvalue weighted by atomic mass is 9.96. The van der Waals surface area contributed by atoms with Crippen LogP contribution in [0.3, 0.4) is 0 Å². The maximum absolute atomic E-state index is 4.13. The van der Waals surface area contributed by atoms with Crippen molar-refractivity contribution in [3.8, 4) is 0 Å². The summed E-state index contributed by atoms with van der Waals surface area (Å²) in [5, 5.41) is 0. The lowest BCUT2D eigenvalue weighted by molar-refractivity contribution is 0.530. The molecular weight excluding hydrogens is 180 g/mol. The van der Waals surface area contributed by atoms with Crippen LogP contribution in [0.5, 0.6) is 0 Å². The van der Waals surface area contributed by atoms with Crippen LogP contribution in [0, 0.1) is 11.8 Å². The molecule has 0 amide bonds. The Bertz CT molecular complexity index is 188. The third kappa shape index (κ3) is 7.41. The van der Waals surface area contributed by atoms with Crippen molar-refractivity contribution in [3.05, 3.63) is 24.3 Å². The molecule has 0 bridgehead atoms. The van der Waals surface area contributed by atoms with E-state index in [4.69, 9.17) is 0 Å². The Morgan fingerprint density at radius 3 is 2.40 bits per heavy atom. The van der Waals surface area contributed by atoms with Gasteiger partial charge in [0.2, 0.25) is 0 Å². The number of rotatable bonds is 8. The van der Waals surface area contributed by atoms with E-state index in [2.05, 4.69) is 46.4 Å². The summed E-state index contributed by atoms with van der Waals surface area (Å²) in [5.41, 5.74) is 1.37. The highest BCUT2D eigenvalue weighted by atomic mass is 14.1. The van der Waals surface area contributed by atoms with Crippen molar-refractivity contribution in [2.45, 2.75) is 59.8 Å². The fourth-order valence-electron chi connectivity index (χ4n) is 1.81. The molecule has 0 saturated carbocycles. The zero-order valence-corrected chi connectivity index (χ0v) is 11.1. The molecule has 2 unspecified atom stereocenters. The summed E-state index contributed by atoms with van der Waals surface area (Å²) in [5.74, 6) is 1.39. The lowest BCUT2D eigenvalue weighted by Gasteiger charge is -2.10. The van der Waals surface area contributed by atoms with Gasteiger partial charge in [-0.2, -0.15) is 0 Å². The zero-order chi connectivity index (χ0) is 11.7. The van der Waals surface area contributed by atoms with Gasteiger partial charge < -0.3 is 0 Å². The number of hydrogen-bond acceptors (Lipinski definition) is 0. The Morgan fingerprint density at radius 2 is 1.87 bits per heavy atom. The van der Waals surface area contributed by atoms with Crippen LogP contribution in [0.25, 0.3) is 0 Å². The van der Waals surface area contributed by atoms with Crippen LogP contribution in [-0.4, -0.2) is 0 Å². The first-order valence-electron chi connectivity index (χ1n) is 6.46. The molecule has 0 saturated heterocycles. The number of allylic oxidation sites excluding steroid dienone is 3. The summed E-state index contributed by atoms with van der Waals surface area (Å²) in [7, 11) is 0. The first kappa shape index (κ1) is 14.5. The van der Waals surface area contributed by atoms with E-state index in [1.807, 2.05) is 0 Å². The van der Waals surface area contributed by atoms with Gasteiger partial charge in [0.05, 0.1) is 0 Å².